The van der Waals surface area contributed by atoms with Crippen LogP contribution in [0.4, 0.5) is 0 Å². The highest BCUT2D eigenvalue weighted by molar-refractivity contribution is 5.08. The first-order valence-electron chi connectivity index (χ1n) is 11.0. The molecule has 0 spiro atoms. The van der Waals surface area contributed by atoms with Gasteiger partial charge in [0.2, 0.25) is 0 Å². The van der Waals surface area contributed by atoms with Crippen LogP contribution in [0.1, 0.15) is 100 Å². The minimum absolute atomic E-state index is 0.598. The van der Waals surface area contributed by atoms with Crippen LogP contribution >= 0.6 is 0 Å². The highest BCUT2D eigenvalue weighted by Gasteiger charge is 2.29. The van der Waals surface area contributed by atoms with Crippen molar-refractivity contribution < 1.29 is 0 Å². The molecule has 0 rings (SSSR count). The number of rotatable bonds is 11. The molecule has 8 nitrogen and oxygen atoms in total. The summed E-state index contributed by atoms with van der Waals surface area (Å²) in [5.74, 6) is 0. The van der Waals surface area contributed by atoms with Crippen LogP contribution in [0.5, 0.6) is 0 Å². The van der Waals surface area contributed by atoms with Gasteiger partial charge in [-0.2, -0.15) is 41.5 Å². The fourth-order valence-corrected chi connectivity index (χ4v) is 2.40. The first-order chi connectivity index (χ1) is 14.5. The minimum Gasteiger partial charge on any atom is -0.196 e. The van der Waals surface area contributed by atoms with E-state index in [1.165, 1.54) is 0 Å². The molecule has 0 aliphatic rings. The Kier molecular flexibility index (Phi) is 13.9. The van der Waals surface area contributed by atoms with Crippen molar-refractivity contribution in [3.63, 3.8) is 0 Å². The van der Waals surface area contributed by atoms with Gasteiger partial charge >= 0.3 is 0 Å². The maximum Gasteiger partial charge on any atom is 0.167 e. The maximum absolute atomic E-state index is 9.09. The molecule has 0 aromatic rings. The lowest BCUT2D eigenvalue weighted by molar-refractivity contribution is 0.429. The molecule has 0 saturated heterocycles. The molecule has 8 heteroatoms. The zero-order valence-corrected chi connectivity index (χ0v) is 20.5. The first kappa shape index (κ1) is 30.4. The van der Waals surface area contributed by atoms with Crippen LogP contribution in [-0.4, -0.2) is 22.2 Å². The van der Waals surface area contributed by atoms with Crippen molar-refractivity contribution in [2.24, 2.45) is 20.5 Å². The first-order valence-corrected chi connectivity index (χ1v) is 11.0. The summed E-state index contributed by atoms with van der Waals surface area (Å²) in [4.78, 5) is 0. The van der Waals surface area contributed by atoms with E-state index in [1.807, 2.05) is 34.6 Å². The molecular formula is C23H38N8. The summed E-state index contributed by atoms with van der Waals surface area (Å²) >= 11 is 0. The largest absolute Gasteiger partial charge is 0.196 e. The number of nitriles is 4. The number of azo groups is 2. The quantitative estimate of drug-likeness (QED) is 0.334. The monoisotopic (exact) mass is 426 g/mol. The Hall–Kier alpha value is -2.84. The summed E-state index contributed by atoms with van der Waals surface area (Å²) in [5.41, 5.74) is -3.14. The molecule has 0 heterocycles. The summed E-state index contributed by atoms with van der Waals surface area (Å²) in [6, 6.07) is 8.57. The van der Waals surface area contributed by atoms with Crippen LogP contribution in [0.3, 0.4) is 0 Å². The molecule has 0 bridgehead atoms. The molecule has 0 aromatic carbocycles. The van der Waals surface area contributed by atoms with Crippen molar-refractivity contribution in [3.8, 4) is 24.3 Å². The van der Waals surface area contributed by atoms with Gasteiger partial charge in [0, 0.05) is 0 Å². The third kappa shape index (κ3) is 10.7. The molecule has 0 saturated carbocycles. The van der Waals surface area contributed by atoms with Crippen LogP contribution in [-0.2, 0) is 0 Å². The molecule has 170 valence electrons. The van der Waals surface area contributed by atoms with E-state index in [4.69, 9.17) is 21.0 Å². The third-order valence-electron chi connectivity index (χ3n) is 5.22. The second-order valence-corrected chi connectivity index (χ2v) is 8.26. The third-order valence-corrected chi connectivity index (χ3v) is 5.22. The van der Waals surface area contributed by atoms with E-state index >= 15 is 0 Å². The predicted molar refractivity (Wildman–Crippen MR) is 121 cm³/mol. The SMILES string of the molecule is CCCC(C)(C#N)N=NC(C#N)(CC)CC.CCCC(C)(C#N)N=NC(C)(C#N)CC. The predicted octanol–water partition coefficient (Wildman–Crippen LogP) is 6.82. The Morgan fingerprint density at radius 3 is 1.13 bits per heavy atom. The van der Waals surface area contributed by atoms with Crippen molar-refractivity contribution in [1.29, 1.82) is 21.0 Å². The molecule has 0 aliphatic carbocycles. The number of nitrogens with zero attached hydrogens (tertiary/aromatic N) is 8. The second kappa shape index (κ2) is 14.2. The van der Waals surface area contributed by atoms with Gasteiger partial charge in [0.05, 0.1) is 24.3 Å². The van der Waals surface area contributed by atoms with Gasteiger partial charge in [-0.3, -0.25) is 0 Å². The van der Waals surface area contributed by atoms with E-state index in [2.05, 4.69) is 44.7 Å². The summed E-state index contributed by atoms with van der Waals surface area (Å²) in [6.07, 6.45) is 4.93. The van der Waals surface area contributed by atoms with Gasteiger partial charge in [-0.25, -0.2) is 0 Å². The fraction of sp³-hybridized carbons (Fsp3) is 0.826. The summed E-state index contributed by atoms with van der Waals surface area (Å²) in [6.45, 7) is 14.9. The average Bonchev–Trinajstić information content (AvgIpc) is 2.79. The van der Waals surface area contributed by atoms with E-state index in [-0.39, 0.29) is 0 Å². The highest BCUT2D eigenvalue weighted by Crippen LogP contribution is 2.24. The lowest BCUT2D eigenvalue weighted by Crippen LogP contribution is -2.25. The molecule has 0 N–H and O–H groups in total. The zero-order chi connectivity index (χ0) is 24.6. The van der Waals surface area contributed by atoms with Crippen molar-refractivity contribution >= 4 is 0 Å². The maximum atomic E-state index is 9.09. The Morgan fingerprint density at radius 2 is 0.871 bits per heavy atom. The molecule has 3 atom stereocenters. The van der Waals surface area contributed by atoms with Gasteiger partial charge < -0.3 is 0 Å². The van der Waals surface area contributed by atoms with Crippen molar-refractivity contribution in [1.82, 2.24) is 0 Å². The van der Waals surface area contributed by atoms with Crippen molar-refractivity contribution in [2.45, 2.75) is 122 Å². The van der Waals surface area contributed by atoms with Gasteiger partial charge in [-0.05, 0) is 52.9 Å². The van der Waals surface area contributed by atoms with E-state index < -0.39 is 22.2 Å². The minimum atomic E-state index is -0.800. The van der Waals surface area contributed by atoms with Crippen LogP contribution in [0, 0.1) is 45.3 Å². The molecule has 0 fully saturated rings. The summed E-state index contributed by atoms with van der Waals surface area (Å²) in [7, 11) is 0. The van der Waals surface area contributed by atoms with E-state index in [9.17, 15) is 0 Å². The second-order valence-electron chi connectivity index (χ2n) is 8.26. The average molecular weight is 427 g/mol. The van der Waals surface area contributed by atoms with Gasteiger partial charge in [0.1, 0.15) is 0 Å². The Morgan fingerprint density at radius 1 is 0.516 bits per heavy atom. The van der Waals surface area contributed by atoms with E-state index in [0.717, 1.165) is 12.8 Å². The van der Waals surface area contributed by atoms with Gasteiger partial charge in [0.15, 0.2) is 22.2 Å². The lowest BCUT2D eigenvalue weighted by atomic mass is 9.96. The molecule has 0 radical (unpaired) electrons. The summed E-state index contributed by atoms with van der Waals surface area (Å²) in [5, 5.41) is 52.2. The van der Waals surface area contributed by atoms with E-state index in [1.54, 1.807) is 20.8 Å². The molecule has 0 amide bonds. The molecule has 3 unspecified atom stereocenters. The number of hydrogen-bond acceptors (Lipinski definition) is 8. The Labute approximate surface area is 188 Å². The standard InChI is InChI=1S/C12H20N4.C11H18N4/c1-5-8-11(4,9-13)15-16-12(6-2,7-3)10-14;1-5-7-11(4,9-13)15-14-10(3,6-2)8-12/h5-8H2,1-4H3;5-7H2,1-4H3. The Balaban J connectivity index is 0. The van der Waals surface area contributed by atoms with Crippen LogP contribution < -0.4 is 0 Å². The lowest BCUT2D eigenvalue weighted by Gasteiger charge is -2.20. The normalized spacial score (nSPS) is 17.0. The van der Waals surface area contributed by atoms with E-state index in [0.29, 0.717) is 32.1 Å². The number of hydrogen-bond donors (Lipinski definition) is 0. The topological polar surface area (TPSA) is 145 Å². The molecule has 0 aromatic heterocycles. The van der Waals surface area contributed by atoms with Crippen LogP contribution in [0.25, 0.3) is 0 Å². The molecule has 0 aliphatic heterocycles. The van der Waals surface area contributed by atoms with Crippen molar-refractivity contribution in [3.05, 3.63) is 0 Å². The van der Waals surface area contributed by atoms with Gasteiger partial charge in [-0.1, -0.05) is 47.5 Å². The smallest absolute Gasteiger partial charge is 0.167 e. The van der Waals surface area contributed by atoms with Crippen LogP contribution in [0.2, 0.25) is 0 Å². The molecular weight excluding hydrogens is 388 g/mol. The van der Waals surface area contributed by atoms with Gasteiger partial charge in [-0.15, -0.1) is 0 Å². The molecule has 31 heavy (non-hydrogen) atoms. The Bertz CT molecular complexity index is 756. The highest BCUT2D eigenvalue weighted by atomic mass is 15.2. The van der Waals surface area contributed by atoms with Crippen molar-refractivity contribution in [2.75, 3.05) is 0 Å². The zero-order valence-electron chi connectivity index (χ0n) is 20.5. The van der Waals surface area contributed by atoms with Gasteiger partial charge in [0.25, 0.3) is 0 Å². The van der Waals surface area contributed by atoms with Crippen LogP contribution in [0.15, 0.2) is 20.5 Å². The summed E-state index contributed by atoms with van der Waals surface area (Å²) < 4.78 is 0. The fourth-order valence-electron chi connectivity index (χ4n) is 2.40.